The summed E-state index contributed by atoms with van der Waals surface area (Å²) < 4.78 is 28.1. The van der Waals surface area contributed by atoms with E-state index in [9.17, 15) is 10.1 Å². The second-order valence-electron chi connectivity index (χ2n) is 9.17. The van der Waals surface area contributed by atoms with Crippen LogP contribution in [-0.2, 0) is 6.61 Å². The van der Waals surface area contributed by atoms with Crippen LogP contribution in [0.1, 0.15) is 33.0 Å². The molecule has 8 nitrogen and oxygen atoms in total. The lowest BCUT2D eigenvalue weighted by molar-refractivity contribution is 0.0734. The Morgan fingerprint density at radius 3 is 2.36 bits per heavy atom. The summed E-state index contributed by atoms with van der Waals surface area (Å²) in [5.74, 6) is 0.503. The van der Waals surface area contributed by atoms with Gasteiger partial charge in [-0.2, -0.15) is 5.26 Å². The summed E-state index contributed by atoms with van der Waals surface area (Å²) in [5.41, 5.74) is 8.94. The van der Waals surface area contributed by atoms with Crippen LogP contribution >= 0.6 is 23.2 Å². The molecule has 4 aromatic rings. The predicted molar refractivity (Wildman–Crippen MR) is 157 cm³/mol. The summed E-state index contributed by atoms with van der Waals surface area (Å²) in [6.07, 6.45) is 0. The van der Waals surface area contributed by atoms with Crippen molar-refractivity contribution in [3.05, 3.63) is 123 Å². The Morgan fingerprint density at radius 2 is 1.69 bits per heavy atom. The fourth-order valence-corrected chi connectivity index (χ4v) is 5.24. The van der Waals surface area contributed by atoms with Gasteiger partial charge in [-0.1, -0.05) is 65.7 Å². The van der Waals surface area contributed by atoms with Crippen molar-refractivity contribution in [2.24, 2.45) is 5.73 Å². The Balaban J connectivity index is 1.43. The standard InChI is InChI=1S/C32H24Cl2N2O6/c1-38-28-14-19(8-11-26(28)40-17-18-6-4-3-5-7-18)29-22-10-9-21(15-27(22)42-31(36)23(29)16-35)41-32(37)20-12-24(33)30(39-2)25(34)13-20/h3-15,29H,17,36H2,1-2H3. The number of halogens is 2. The molecule has 0 aromatic heterocycles. The number of esters is 1. The van der Waals surface area contributed by atoms with Gasteiger partial charge in [-0.3, -0.25) is 0 Å². The van der Waals surface area contributed by atoms with Crippen LogP contribution in [-0.4, -0.2) is 20.2 Å². The smallest absolute Gasteiger partial charge is 0.343 e. The third-order valence-corrected chi connectivity index (χ3v) is 7.16. The van der Waals surface area contributed by atoms with Crippen molar-refractivity contribution in [3.63, 3.8) is 0 Å². The number of carbonyl (C=O) groups is 1. The van der Waals surface area contributed by atoms with Crippen molar-refractivity contribution in [1.82, 2.24) is 0 Å². The van der Waals surface area contributed by atoms with Crippen LogP contribution in [0.4, 0.5) is 0 Å². The summed E-state index contributed by atoms with van der Waals surface area (Å²) in [6.45, 7) is 0.364. The van der Waals surface area contributed by atoms with E-state index in [1.807, 2.05) is 36.4 Å². The highest BCUT2D eigenvalue weighted by atomic mass is 35.5. The summed E-state index contributed by atoms with van der Waals surface area (Å²) in [7, 11) is 2.97. The van der Waals surface area contributed by atoms with E-state index in [4.69, 9.17) is 52.6 Å². The van der Waals surface area contributed by atoms with Gasteiger partial charge in [0.15, 0.2) is 17.2 Å². The molecule has 10 heteroatoms. The third kappa shape index (κ3) is 5.79. The largest absolute Gasteiger partial charge is 0.494 e. The zero-order valence-electron chi connectivity index (χ0n) is 22.5. The Kier molecular flexibility index (Phi) is 8.43. The number of nitrogens with two attached hydrogens (primary N) is 1. The predicted octanol–water partition coefficient (Wildman–Crippen LogP) is 7.03. The lowest BCUT2D eigenvalue weighted by Gasteiger charge is -2.27. The van der Waals surface area contributed by atoms with Gasteiger partial charge in [-0.05, 0) is 41.5 Å². The molecule has 0 fully saturated rings. The lowest BCUT2D eigenvalue weighted by atomic mass is 9.83. The molecule has 0 spiro atoms. The van der Waals surface area contributed by atoms with Gasteiger partial charge in [-0.15, -0.1) is 0 Å². The van der Waals surface area contributed by atoms with Gasteiger partial charge in [0, 0.05) is 11.6 Å². The maximum atomic E-state index is 12.9. The Morgan fingerprint density at radius 1 is 0.952 bits per heavy atom. The molecule has 4 aromatic carbocycles. The number of allylic oxidation sites excluding steroid dienone is 1. The highest BCUT2D eigenvalue weighted by Gasteiger charge is 2.32. The van der Waals surface area contributed by atoms with Crippen molar-refractivity contribution in [2.45, 2.75) is 12.5 Å². The molecule has 1 aliphatic rings. The van der Waals surface area contributed by atoms with E-state index >= 15 is 0 Å². The van der Waals surface area contributed by atoms with Gasteiger partial charge in [0.1, 0.15) is 29.7 Å². The van der Waals surface area contributed by atoms with Crippen LogP contribution in [0.3, 0.4) is 0 Å². The van der Waals surface area contributed by atoms with Gasteiger partial charge in [0.2, 0.25) is 5.88 Å². The quantitative estimate of drug-likeness (QED) is 0.169. The zero-order chi connectivity index (χ0) is 29.8. The SMILES string of the molecule is COc1cc(C2C(C#N)=C(N)Oc3cc(OC(=O)c4cc(Cl)c(OC)c(Cl)c4)ccc32)ccc1OCc1ccccc1. The first-order chi connectivity index (χ1) is 20.3. The molecule has 42 heavy (non-hydrogen) atoms. The number of rotatable bonds is 8. The van der Waals surface area contributed by atoms with E-state index in [0.29, 0.717) is 29.4 Å². The third-order valence-electron chi connectivity index (χ3n) is 6.60. The topological polar surface area (TPSA) is 113 Å². The van der Waals surface area contributed by atoms with Crippen LogP contribution in [0.15, 0.2) is 90.3 Å². The molecule has 5 rings (SSSR count). The number of nitrogens with zero attached hydrogens (tertiary/aromatic N) is 1. The highest BCUT2D eigenvalue weighted by Crippen LogP contribution is 2.45. The monoisotopic (exact) mass is 602 g/mol. The van der Waals surface area contributed by atoms with E-state index in [-0.39, 0.29) is 38.6 Å². The Labute approximate surface area is 252 Å². The van der Waals surface area contributed by atoms with E-state index in [2.05, 4.69) is 6.07 Å². The fourth-order valence-electron chi connectivity index (χ4n) is 4.60. The first-order valence-corrected chi connectivity index (χ1v) is 13.4. The van der Waals surface area contributed by atoms with Crippen LogP contribution < -0.4 is 29.4 Å². The average molecular weight is 603 g/mol. The molecule has 1 aliphatic heterocycles. The van der Waals surface area contributed by atoms with E-state index in [0.717, 1.165) is 11.1 Å². The molecular weight excluding hydrogens is 579 g/mol. The van der Waals surface area contributed by atoms with Gasteiger partial charge in [-0.25, -0.2) is 4.79 Å². The number of ether oxygens (including phenoxy) is 5. The molecule has 0 bridgehead atoms. The molecule has 212 valence electrons. The number of hydrogen-bond donors (Lipinski definition) is 1. The molecule has 0 saturated heterocycles. The fraction of sp³-hybridized carbons (Fsp3) is 0.125. The average Bonchev–Trinajstić information content (AvgIpc) is 2.99. The van der Waals surface area contributed by atoms with Crippen LogP contribution in [0, 0.1) is 11.3 Å². The van der Waals surface area contributed by atoms with Crippen molar-refractivity contribution in [2.75, 3.05) is 14.2 Å². The van der Waals surface area contributed by atoms with Crippen LogP contribution in [0.2, 0.25) is 10.0 Å². The minimum atomic E-state index is -0.689. The van der Waals surface area contributed by atoms with Gasteiger partial charge >= 0.3 is 5.97 Å². The number of fused-ring (bicyclic) bond motifs is 1. The van der Waals surface area contributed by atoms with Crippen molar-refractivity contribution < 1.29 is 28.5 Å². The summed E-state index contributed by atoms with van der Waals surface area (Å²) in [6, 6.07) is 25.0. The van der Waals surface area contributed by atoms with E-state index in [1.165, 1.54) is 25.3 Å². The number of carbonyl (C=O) groups excluding carboxylic acids is 1. The highest BCUT2D eigenvalue weighted by molar-refractivity contribution is 6.37. The summed E-state index contributed by atoms with van der Waals surface area (Å²) in [4.78, 5) is 12.9. The normalized spacial score (nSPS) is 13.8. The molecule has 1 atom stereocenters. The maximum Gasteiger partial charge on any atom is 0.343 e. The Bertz CT molecular complexity index is 1710. The Hall–Kier alpha value is -4.84. The minimum Gasteiger partial charge on any atom is -0.494 e. The molecule has 0 saturated carbocycles. The first-order valence-electron chi connectivity index (χ1n) is 12.6. The van der Waals surface area contributed by atoms with Crippen molar-refractivity contribution in [1.29, 1.82) is 5.26 Å². The molecule has 0 aliphatic carbocycles. The number of hydrogen-bond acceptors (Lipinski definition) is 8. The first kappa shape index (κ1) is 28.7. The summed E-state index contributed by atoms with van der Waals surface area (Å²) >= 11 is 12.3. The van der Waals surface area contributed by atoms with Crippen LogP contribution in [0.5, 0.6) is 28.7 Å². The van der Waals surface area contributed by atoms with E-state index in [1.54, 1.807) is 31.4 Å². The van der Waals surface area contributed by atoms with E-state index < -0.39 is 11.9 Å². The van der Waals surface area contributed by atoms with Crippen molar-refractivity contribution in [3.8, 4) is 34.8 Å². The second kappa shape index (κ2) is 12.4. The maximum absolute atomic E-state index is 12.9. The second-order valence-corrected chi connectivity index (χ2v) is 9.99. The summed E-state index contributed by atoms with van der Waals surface area (Å²) in [5, 5.41) is 10.3. The molecule has 1 heterocycles. The molecular formula is C32H24Cl2N2O6. The lowest BCUT2D eigenvalue weighted by Crippen LogP contribution is -2.21. The molecule has 1 unspecified atom stereocenters. The molecule has 2 N–H and O–H groups in total. The zero-order valence-corrected chi connectivity index (χ0v) is 24.0. The number of benzene rings is 4. The van der Waals surface area contributed by atoms with Crippen molar-refractivity contribution >= 4 is 29.2 Å². The minimum absolute atomic E-state index is 0.0597. The molecule has 0 radical (unpaired) electrons. The van der Waals surface area contributed by atoms with Gasteiger partial charge in [0.25, 0.3) is 0 Å². The molecule has 0 amide bonds. The number of methoxy groups -OCH3 is 2. The van der Waals surface area contributed by atoms with Gasteiger partial charge < -0.3 is 29.4 Å². The van der Waals surface area contributed by atoms with Gasteiger partial charge in [0.05, 0.1) is 35.7 Å². The number of nitriles is 1. The van der Waals surface area contributed by atoms with Crippen LogP contribution in [0.25, 0.3) is 0 Å².